The maximum Gasteiger partial charge on any atom is 0.242 e. The summed E-state index contributed by atoms with van der Waals surface area (Å²) in [6, 6.07) is 4.77. The molecule has 0 amide bonds. The zero-order valence-corrected chi connectivity index (χ0v) is 13.8. The molecular weight excluding hydrogens is 344 g/mol. The number of sulfonamides is 1. The van der Waals surface area contributed by atoms with Crippen molar-refractivity contribution in [2.24, 2.45) is 5.41 Å². The number of nitrogens with two attached hydrogens (primary N) is 1. The van der Waals surface area contributed by atoms with Gasteiger partial charge in [0, 0.05) is 24.7 Å². The predicted molar refractivity (Wildman–Crippen MR) is 81.9 cm³/mol. The second-order valence-corrected chi connectivity index (χ2v) is 7.90. The molecular formula is C13H19BrN2O3S. The summed E-state index contributed by atoms with van der Waals surface area (Å²) in [6.07, 6.45) is 2.95. The van der Waals surface area contributed by atoms with E-state index in [0.717, 1.165) is 23.7 Å². The number of halogens is 1. The fourth-order valence-electron chi connectivity index (χ4n) is 2.10. The van der Waals surface area contributed by atoms with Gasteiger partial charge in [0.2, 0.25) is 10.0 Å². The Morgan fingerprint density at radius 1 is 1.45 bits per heavy atom. The lowest BCUT2D eigenvalue weighted by Crippen LogP contribution is -2.31. The minimum Gasteiger partial charge on any atom is -0.398 e. The molecule has 1 saturated carbocycles. The smallest absolute Gasteiger partial charge is 0.242 e. The summed E-state index contributed by atoms with van der Waals surface area (Å²) in [5.41, 5.74) is 6.08. The highest BCUT2D eigenvalue weighted by Gasteiger charge is 2.42. The molecule has 2 rings (SSSR count). The molecule has 0 spiro atoms. The Labute approximate surface area is 128 Å². The van der Waals surface area contributed by atoms with Crippen LogP contribution in [0.1, 0.15) is 19.3 Å². The number of nitrogens with one attached hydrogen (secondary N) is 1. The SMILES string of the molecule is COCCC1(CNS(=O)(=O)c2ccc(Br)cc2N)CC1. The number of methoxy groups -OCH3 is 1. The molecule has 1 fully saturated rings. The van der Waals surface area contributed by atoms with Crippen molar-refractivity contribution in [3.8, 4) is 0 Å². The first-order valence-electron chi connectivity index (χ1n) is 6.42. The molecule has 1 aromatic rings. The molecule has 1 aliphatic carbocycles. The van der Waals surface area contributed by atoms with Crippen LogP contribution < -0.4 is 10.5 Å². The van der Waals surface area contributed by atoms with Gasteiger partial charge in [-0.15, -0.1) is 0 Å². The third-order valence-corrected chi connectivity index (χ3v) is 5.66. The highest BCUT2D eigenvalue weighted by atomic mass is 79.9. The largest absolute Gasteiger partial charge is 0.398 e. The van der Waals surface area contributed by atoms with E-state index in [1.165, 1.54) is 6.07 Å². The minimum atomic E-state index is -3.56. The fraction of sp³-hybridized carbons (Fsp3) is 0.538. The molecule has 5 nitrogen and oxygen atoms in total. The van der Waals surface area contributed by atoms with Crippen molar-refractivity contribution in [3.63, 3.8) is 0 Å². The quantitative estimate of drug-likeness (QED) is 0.728. The molecule has 0 radical (unpaired) electrons. The Balaban J connectivity index is 2.04. The number of hydrogen-bond acceptors (Lipinski definition) is 4. The van der Waals surface area contributed by atoms with Crippen LogP contribution in [0.5, 0.6) is 0 Å². The maximum absolute atomic E-state index is 12.3. The fourth-order valence-corrected chi connectivity index (χ4v) is 3.75. The van der Waals surface area contributed by atoms with E-state index in [2.05, 4.69) is 20.7 Å². The number of anilines is 1. The number of nitrogen functional groups attached to an aromatic ring is 1. The molecule has 1 aliphatic rings. The second kappa shape index (κ2) is 6.01. The van der Waals surface area contributed by atoms with Gasteiger partial charge in [-0.2, -0.15) is 0 Å². The predicted octanol–water partition coefficient (Wildman–Crippen LogP) is 2.13. The monoisotopic (exact) mass is 362 g/mol. The van der Waals surface area contributed by atoms with Gasteiger partial charge in [-0.3, -0.25) is 0 Å². The molecule has 0 atom stereocenters. The molecule has 112 valence electrons. The maximum atomic E-state index is 12.3. The average Bonchev–Trinajstić information content (AvgIpc) is 3.14. The molecule has 0 aliphatic heterocycles. The van der Waals surface area contributed by atoms with Gasteiger partial charge in [0.15, 0.2) is 0 Å². The second-order valence-electron chi connectivity index (χ2n) is 5.25. The van der Waals surface area contributed by atoms with Gasteiger partial charge in [-0.1, -0.05) is 15.9 Å². The molecule has 0 heterocycles. The van der Waals surface area contributed by atoms with Crippen LogP contribution in [0.25, 0.3) is 0 Å². The molecule has 3 N–H and O–H groups in total. The summed E-state index contributed by atoms with van der Waals surface area (Å²) in [7, 11) is -1.91. The van der Waals surface area contributed by atoms with Crippen LogP contribution in [0.2, 0.25) is 0 Å². The van der Waals surface area contributed by atoms with E-state index in [1.807, 2.05) is 0 Å². The van der Waals surface area contributed by atoms with Gasteiger partial charge in [0.05, 0.1) is 5.69 Å². The lowest BCUT2D eigenvalue weighted by atomic mass is 10.0. The summed E-state index contributed by atoms with van der Waals surface area (Å²) < 4.78 is 33.0. The van der Waals surface area contributed by atoms with Crippen molar-refractivity contribution < 1.29 is 13.2 Å². The Kier molecular flexibility index (Phi) is 4.73. The van der Waals surface area contributed by atoms with Crippen LogP contribution in [0, 0.1) is 5.41 Å². The van der Waals surface area contributed by atoms with Crippen LogP contribution in [-0.2, 0) is 14.8 Å². The van der Waals surface area contributed by atoms with Gasteiger partial charge in [0.1, 0.15) is 4.90 Å². The third-order valence-electron chi connectivity index (χ3n) is 3.69. The lowest BCUT2D eigenvalue weighted by molar-refractivity contribution is 0.173. The first kappa shape index (κ1) is 15.8. The van der Waals surface area contributed by atoms with Crippen LogP contribution in [-0.4, -0.2) is 28.7 Å². The summed E-state index contributed by atoms with van der Waals surface area (Å²) in [4.78, 5) is 0.128. The molecule has 0 saturated heterocycles. The zero-order valence-electron chi connectivity index (χ0n) is 11.4. The minimum absolute atomic E-state index is 0.0627. The number of ether oxygens (including phenoxy) is 1. The van der Waals surface area contributed by atoms with Crippen molar-refractivity contribution in [2.75, 3.05) is 26.0 Å². The Morgan fingerprint density at radius 3 is 2.70 bits per heavy atom. The van der Waals surface area contributed by atoms with Gasteiger partial charge in [0.25, 0.3) is 0 Å². The van der Waals surface area contributed by atoms with E-state index in [0.29, 0.717) is 13.2 Å². The van der Waals surface area contributed by atoms with Crippen molar-refractivity contribution in [3.05, 3.63) is 22.7 Å². The molecule has 0 aromatic heterocycles. The van der Waals surface area contributed by atoms with Gasteiger partial charge in [-0.25, -0.2) is 13.1 Å². The van der Waals surface area contributed by atoms with Crippen molar-refractivity contribution in [2.45, 2.75) is 24.2 Å². The van der Waals surface area contributed by atoms with E-state index in [9.17, 15) is 8.42 Å². The van der Waals surface area contributed by atoms with Gasteiger partial charge < -0.3 is 10.5 Å². The number of rotatable bonds is 7. The molecule has 1 aromatic carbocycles. The normalized spacial score (nSPS) is 17.1. The van der Waals surface area contributed by atoms with Crippen molar-refractivity contribution in [1.82, 2.24) is 4.72 Å². The van der Waals surface area contributed by atoms with Crippen molar-refractivity contribution >= 4 is 31.6 Å². The van der Waals surface area contributed by atoms with Crippen molar-refractivity contribution in [1.29, 1.82) is 0 Å². The first-order valence-corrected chi connectivity index (χ1v) is 8.70. The third kappa shape index (κ3) is 3.72. The molecule has 20 heavy (non-hydrogen) atoms. The zero-order chi connectivity index (χ0) is 14.8. The average molecular weight is 363 g/mol. The summed E-state index contributed by atoms with van der Waals surface area (Å²) in [5, 5.41) is 0. The number of hydrogen-bond donors (Lipinski definition) is 2. The Bertz CT molecular complexity index is 585. The van der Waals surface area contributed by atoms with E-state index in [-0.39, 0.29) is 16.0 Å². The lowest BCUT2D eigenvalue weighted by Gasteiger charge is -2.16. The topological polar surface area (TPSA) is 81.4 Å². The van der Waals surface area contributed by atoms with Gasteiger partial charge in [-0.05, 0) is 42.9 Å². The highest BCUT2D eigenvalue weighted by Crippen LogP contribution is 2.48. The van der Waals surface area contributed by atoms with E-state index in [1.54, 1.807) is 19.2 Å². The molecule has 0 unspecified atom stereocenters. The first-order chi connectivity index (χ1) is 9.38. The van der Waals surface area contributed by atoms with Crippen LogP contribution in [0.4, 0.5) is 5.69 Å². The van der Waals surface area contributed by atoms with Gasteiger partial charge >= 0.3 is 0 Å². The molecule has 7 heteroatoms. The summed E-state index contributed by atoms with van der Waals surface area (Å²) >= 11 is 3.26. The summed E-state index contributed by atoms with van der Waals surface area (Å²) in [6.45, 7) is 1.09. The van der Waals surface area contributed by atoms with Crippen LogP contribution >= 0.6 is 15.9 Å². The van der Waals surface area contributed by atoms with E-state index < -0.39 is 10.0 Å². The van der Waals surface area contributed by atoms with E-state index in [4.69, 9.17) is 10.5 Å². The van der Waals surface area contributed by atoms with E-state index >= 15 is 0 Å². The Morgan fingerprint density at radius 2 is 2.15 bits per heavy atom. The standard InChI is InChI=1S/C13H19BrN2O3S/c1-19-7-6-13(4-5-13)9-16-20(17,18)12-3-2-10(14)8-11(12)15/h2-3,8,16H,4-7,9,15H2,1H3. The number of benzene rings is 1. The van der Waals surface area contributed by atoms with Crippen LogP contribution in [0.3, 0.4) is 0 Å². The highest BCUT2D eigenvalue weighted by molar-refractivity contribution is 9.10. The molecule has 0 bridgehead atoms. The summed E-state index contributed by atoms with van der Waals surface area (Å²) in [5.74, 6) is 0. The van der Waals surface area contributed by atoms with Crippen LogP contribution in [0.15, 0.2) is 27.6 Å². The Hall–Kier alpha value is -0.630.